The molecule has 2 aliphatic rings. The van der Waals surface area contributed by atoms with Gasteiger partial charge in [-0.3, -0.25) is 9.59 Å². The topological polar surface area (TPSA) is 54.4 Å². The molecule has 0 unspecified atom stereocenters. The van der Waals surface area contributed by atoms with Gasteiger partial charge in [-0.05, 0) is 11.6 Å². The molecule has 3 nitrogen and oxygen atoms in total. The number of hydrogen-bond acceptors (Lipinski definition) is 3. The van der Waals surface area contributed by atoms with Crippen molar-refractivity contribution >= 4 is 11.6 Å². The maximum Gasteiger partial charge on any atom is 0.231 e. The van der Waals surface area contributed by atoms with Gasteiger partial charge in [-0.15, -0.1) is 0 Å². The van der Waals surface area contributed by atoms with Crippen molar-refractivity contribution in [1.29, 1.82) is 0 Å². The van der Waals surface area contributed by atoms with Crippen molar-refractivity contribution in [3.8, 4) is 0 Å². The van der Waals surface area contributed by atoms with Crippen molar-refractivity contribution < 1.29 is 14.7 Å². The summed E-state index contributed by atoms with van der Waals surface area (Å²) >= 11 is 0. The van der Waals surface area contributed by atoms with Crippen LogP contribution in [0.25, 0.3) is 0 Å². The summed E-state index contributed by atoms with van der Waals surface area (Å²) in [6.45, 7) is -0.332. The van der Waals surface area contributed by atoms with E-state index in [2.05, 4.69) is 0 Å². The Bertz CT molecular complexity index is 320. The molecule has 0 saturated carbocycles. The normalized spacial score (nSPS) is 21.7. The number of ketones is 2. The molecule has 11 heavy (non-hydrogen) atoms. The van der Waals surface area contributed by atoms with Gasteiger partial charge in [0.2, 0.25) is 11.6 Å². The average Bonchev–Trinajstić information content (AvgIpc) is 2.75. The summed E-state index contributed by atoms with van der Waals surface area (Å²) in [6.07, 6.45) is 2.24. The summed E-state index contributed by atoms with van der Waals surface area (Å²) in [7, 11) is 0. The predicted octanol–water partition coefficient (Wildman–Crippen LogP) is -0.243. The highest BCUT2D eigenvalue weighted by atomic mass is 16.3. The zero-order valence-corrected chi connectivity index (χ0v) is 5.76. The number of aliphatic hydroxyl groups is 1. The molecule has 0 saturated heterocycles. The van der Waals surface area contributed by atoms with Crippen LogP contribution >= 0.6 is 0 Å². The van der Waals surface area contributed by atoms with Crippen LogP contribution in [0.3, 0.4) is 0 Å². The molecule has 0 radical (unpaired) electrons. The van der Waals surface area contributed by atoms with Gasteiger partial charge in [-0.2, -0.15) is 0 Å². The van der Waals surface area contributed by atoms with E-state index in [4.69, 9.17) is 5.11 Å². The third-order valence-corrected chi connectivity index (χ3v) is 1.92. The average molecular weight is 150 g/mol. The maximum absolute atomic E-state index is 11.0. The summed E-state index contributed by atoms with van der Waals surface area (Å²) in [5.41, 5.74) is 1.78. The van der Waals surface area contributed by atoms with Gasteiger partial charge in [0.05, 0.1) is 6.61 Å². The van der Waals surface area contributed by atoms with Crippen LogP contribution in [-0.2, 0) is 9.59 Å². The van der Waals surface area contributed by atoms with Crippen LogP contribution in [0, 0.1) is 0 Å². The van der Waals surface area contributed by atoms with E-state index >= 15 is 0 Å². The van der Waals surface area contributed by atoms with Crippen molar-refractivity contribution in [2.24, 2.45) is 0 Å². The Hall–Kier alpha value is -1.22. The molecule has 3 heteroatoms. The molecule has 0 aromatic rings. The van der Waals surface area contributed by atoms with Gasteiger partial charge in [-0.25, -0.2) is 0 Å². The predicted molar refractivity (Wildman–Crippen MR) is 36.8 cm³/mol. The monoisotopic (exact) mass is 150 g/mol. The van der Waals surface area contributed by atoms with Gasteiger partial charge >= 0.3 is 0 Å². The number of carbonyl (C=O) groups excluding carboxylic acids is 2. The first-order chi connectivity index (χ1) is 5.24. The highest BCUT2D eigenvalue weighted by Crippen LogP contribution is 2.37. The Labute approximate surface area is 63.0 Å². The Kier molecular flexibility index (Phi) is 1.11. The molecule has 2 rings (SSSR count). The van der Waals surface area contributed by atoms with E-state index in [1.54, 1.807) is 6.08 Å². The van der Waals surface area contributed by atoms with Crippen LogP contribution in [0.4, 0.5) is 0 Å². The highest BCUT2D eigenvalue weighted by Gasteiger charge is 2.36. The van der Waals surface area contributed by atoms with Gasteiger partial charge in [0.1, 0.15) is 0 Å². The minimum absolute atomic E-state index is 0.228. The lowest BCUT2D eigenvalue weighted by Crippen LogP contribution is -2.18. The van der Waals surface area contributed by atoms with Gasteiger partial charge in [-0.1, -0.05) is 0 Å². The lowest BCUT2D eigenvalue weighted by atomic mass is 10.0. The lowest BCUT2D eigenvalue weighted by molar-refractivity contribution is -0.132. The second-order valence-corrected chi connectivity index (χ2v) is 2.67. The SMILES string of the molecule is O=C1C(=O)C2=C(C=C1CO)C2. The van der Waals surface area contributed by atoms with Crippen LogP contribution in [-0.4, -0.2) is 23.3 Å². The van der Waals surface area contributed by atoms with Crippen molar-refractivity contribution in [3.63, 3.8) is 0 Å². The second-order valence-electron chi connectivity index (χ2n) is 2.67. The third kappa shape index (κ3) is 0.778. The van der Waals surface area contributed by atoms with E-state index in [0.717, 1.165) is 5.57 Å². The first-order valence-corrected chi connectivity index (χ1v) is 3.36. The van der Waals surface area contributed by atoms with Gasteiger partial charge < -0.3 is 5.11 Å². The van der Waals surface area contributed by atoms with E-state index < -0.39 is 11.6 Å². The number of aliphatic hydroxyl groups excluding tert-OH is 1. The first-order valence-electron chi connectivity index (χ1n) is 3.36. The van der Waals surface area contributed by atoms with E-state index in [1.165, 1.54) is 0 Å². The molecule has 0 spiro atoms. The summed E-state index contributed by atoms with van der Waals surface area (Å²) in [5, 5.41) is 8.65. The number of rotatable bonds is 1. The molecule has 1 N–H and O–H groups in total. The van der Waals surface area contributed by atoms with Crippen LogP contribution in [0.5, 0.6) is 0 Å². The molecule has 0 bridgehead atoms. The molecule has 0 aromatic carbocycles. The highest BCUT2D eigenvalue weighted by molar-refractivity contribution is 6.51. The standard InChI is InChI=1S/C8H6O3/c9-3-5-1-4-2-6(4)8(11)7(5)10/h1,9H,2-3H2. The molecule has 56 valence electrons. The Balaban J connectivity index is 2.42. The van der Waals surface area contributed by atoms with Gasteiger partial charge in [0.15, 0.2) is 0 Å². The summed E-state index contributed by atoms with van der Waals surface area (Å²) in [6, 6.07) is 0. The fraction of sp³-hybridized carbons (Fsp3) is 0.250. The molecule has 0 atom stereocenters. The fourth-order valence-electron chi connectivity index (χ4n) is 1.19. The number of Topliss-reactive ketones (excluding diaryl/α,β-unsaturated/α-hetero) is 2. The Morgan fingerprint density at radius 2 is 2.09 bits per heavy atom. The summed E-state index contributed by atoms with van der Waals surface area (Å²) < 4.78 is 0. The molecule has 0 fully saturated rings. The molecule has 0 heterocycles. The molecule has 0 amide bonds. The molecule has 2 aliphatic carbocycles. The van der Waals surface area contributed by atoms with E-state index in [1.807, 2.05) is 0 Å². The second kappa shape index (κ2) is 1.89. The Morgan fingerprint density at radius 1 is 1.36 bits per heavy atom. The zero-order chi connectivity index (χ0) is 8.01. The maximum atomic E-state index is 11.0. The van der Waals surface area contributed by atoms with Crippen molar-refractivity contribution in [2.45, 2.75) is 6.42 Å². The van der Waals surface area contributed by atoms with Crippen LogP contribution < -0.4 is 0 Å². The Morgan fingerprint density at radius 3 is 2.73 bits per heavy atom. The zero-order valence-electron chi connectivity index (χ0n) is 5.76. The van der Waals surface area contributed by atoms with Gasteiger partial charge in [0.25, 0.3) is 0 Å². The third-order valence-electron chi connectivity index (χ3n) is 1.92. The van der Waals surface area contributed by atoms with E-state index in [9.17, 15) is 9.59 Å². The van der Waals surface area contributed by atoms with Crippen molar-refractivity contribution in [3.05, 3.63) is 22.8 Å². The summed E-state index contributed by atoms with van der Waals surface area (Å²) in [5.74, 6) is -0.963. The fourth-order valence-corrected chi connectivity index (χ4v) is 1.19. The number of carbonyl (C=O) groups is 2. The molecule has 0 aromatic heterocycles. The molecular weight excluding hydrogens is 144 g/mol. The number of allylic oxidation sites excluding steroid dienone is 3. The van der Waals surface area contributed by atoms with E-state index in [-0.39, 0.29) is 12.2 Å². The summed E-state index contributed by atoms with van der Waals surface area (Å²) in [4.78, 5) is 22.0. The lowest BCUT2D eigenvalue weighted by Gasteiger charge is -2.00. The largest absolute Gasteiger partial charge is 0.392 e. The van der Waals surface area contributed by atoms with Crippen LogP contribution in [0.15, 0.2) is 22.8 Å². The first kappa shape index (κ1) is 6.49. The van der Waals surface area contributed by atoms with Crippen LogP contribution in [0.2, 0.25) is 0 Å². The van der Waals surface area contributed by atoms with E-state index in [0.29, 0.717) is 12.0 Å². The van der Waals surface area contributed by atoms with Crippen LogP contribution in [0.1, 0.15) is 6.42 Å². The number of hydrogen-bond donors (Lipinski definition) is 1. The van der Waals surface area contributed by atoms with Crippen molar-refractivity contribution in [2.75, 3.05) is 6.61 Å². The minimum Gasteiger partial charge on any atom is -0.392 e. The quantitative estimate of drug-likeness (QED) is 0.414. The van der Waals surface area contributed by atoms with Crippen molar-refractivity contribution in [1.82, 2.24) is 0 Å². The van der Waals surface area contributed by atoms with Gasteiger partial charge in [0, 0.05) is 17.6 Å². The molecular formula is C8H6O3. The smallest absolute Gasteiger partial charge is 0.231 e. The molecule has 0 aliphatic heterocycles. The minimum atomic E-state index is -0.538.